The number of carbonyl (C=O) groups excluding carboxylic acids is 2. The van der Waals surface area contributed by atoms with E-state index in [0.717, 1.165) is 6.26 Å². The number of hydrogen-bond acceptors (Lipinski definition) is 7. The maximum atomic E-state index is 12.2. The summed E-state index contributed by atoms with van der Waals surface area (Å²) in [5, 5.41) is 0. The van der Waals surface area contributed by atoms with Gasteiger partial charge in [0.1, 0.15) is 5.56 Å². The minimum absolute atomic E-state index is 0.0794. The van der Waals surface area contributed by atoms with Crippen molar-refractivity contribution in [3.8, 4) is 0 Å². The molecule has 24 heavy (non-hydrogen) atoms. The van der Waals surface area contributed by atoms with Crippen molar-refractivity contribution in [2.75, 3.05) is 12.9 Å². The summed E-state index contributed by atoms with van der Waals surface area (Å²) in [5.74, 6) is -1.30. The van der Waals surface area contributed by atoms with E-state index in [2.05, 4.69) is 0 Å². The van der Waals surface area contributed by atoms with E-state index in [4.69, 9.17) is 13.9 Å². The summed E-state index contributed by atoms with van der Waals surface area (Å²) < 4.78 is 38.5. The lowest BCUT2D eigenvalue weighted by Gasteiger charge is -2.08. The molecule has 0 unspecified atom stereocenters. The lowest BCUT2D eigenvalue weighted by atomic mass is 10.2. The second-order valence-corrected chi connectivity index (χ2v) is 6.81. The number of hydrogen-bond donors (Lipinski definition) is 0. The van der Waals surface area contributed by atoms with Gasteiger partial charge in [-0.2, -0.15) is 0 Å². The Morgan fingerprint density at radius 2 is 1.71 bits per heavy atom. The summed E-state index contributed by atoms with van der Waals surface area (Å²) in [6.45, 7) is 1.54. The van der Waals surface area contributed by atoms with Crippen LogP contribution < -0.4 is 0 Å². The van der Waals surface area contributed by atoms with E-state index in [9.17, 15) is 18.0 Å². The van der Waals surface area contributed by atoms with Crippen LogP contribution in [-0.2, 0) is 25.9 Å². The molecule has 0 fully saturated rings. The third kappa shape index (κ3) is 4.02. The van der Waals surface area contributed by atoms with E-state index in [1.54, 1.807) is 6.92 Å². The molecule has 0 spiro atoms. The molecule has 2 rings (SSSR count). The highest BCUT2D eigenvalue weighted by molar-refractivity contribution is 7.90. The second kappa shape index (κ2) is 7.31. The molecule has 8 heteroatoms. The van der Waals surface area contributed by atoms with E-state index >= 15 is 0 Å². The van der Waals surface area contributed by atoms with Gasteiger partial charge in [0, 0.05) is 6.26 Å². The number of esters is 2. The zero-order valence-electron chi connectivity index (χ0n) is 13.1. The fraction of sp³-hybridized carbons (Fsp3) is 0.250. The number of furan rings is 1. The lowest BCUT2D eigenvalue weighted by Crippen LogP contribution is -2.12. The van der Waals surface area contributed by atoms with Crippen molar-refractivity contribution in [1.82, 2.24) is 0 Å². The first-order chi connectivity index (χ1) is 11.3. The third-order valence-corrected chi connectivity index (χ3v) is 4.24. The highest BCUT2D eigenvalue weighted by atomic mass is 32.2. The Morgan fingerprint density at radius 1 is 1.04 bits per heavy atom. The number of benzene rings is 1. The molecular weight excluding hydrogens is 336 g/mol. The molecule has 0 aliphatic heterocycles. The molecule has 0 N–H and O–H groups in total. The molecule has 1 aromatic carbocycles. The van der Waals surface area contributed by atoms with Crippen LogP contribution in [-0.4, -0.2) is 33.2 Å². The molecule has 0 saturated carbocycles. The van der Waals surface area contributed by atoms with Gasteiger partial charge in [-0.3, -0.25) is 0 Å². The van der Waals surface area contributed by atoms with Crippen LogP contribution in [0.3, 0.4) is 0 Å². The molecule has 0 saturated heterocycles. The number of sulfone groups is 1. The largest absolute Gasteiger partial charge is 0.465 e. The fourth-order valence-electron chi connectivity index (χ4n) is 2.01. The third-order valence-electron chi connectivity index (χ3n) is 3.08. The molecule has 2 aromatic rings. The Balaban J connectivity index is 2.16. The Morgan fingerprint density at radius 3 is 2.38 bits per heavy atom. The minimum Gasteiger partial charge on any atom is -0.465 e. The van der Waals surface area contributed by atoms with Crippen molar-refractivity contribution in [3.63, 3.8) is 0 Å². The van der Waals surface area contributed by atoms with Crippen LogP contribution in [0.5, 0.6) is 0 Å². The van der Waals surface area contributed by atoms with Crippen molar-refractivity contribution in [2.24, 2.45) is 0 Å². The zero-order valence-corrected chi connectivity index (χ0v) is 14.0. The summed E-state index contributed by atoms with van der Waals surface area (Å²) in [5.41, 5.74) is 0.0743. The van der Waals surface area contributed by atoms with Gasteiger partial charge in [0.2, 0.25) is 0 Å². The maximum absolute atomic E-state index is 12.2. The van der Waals surface area contributed by atoms with Crippen LogP contribution in [0.25, 0.3) is 0 Å². The molecule has 7 nitrogen and oxygen atoms in total. The lowest BCUT2D eigenvalue weighted by molar-refractivity contribution is 0.0419. The second-order valence-electron chi connectivity index (χ2n) is 4.82. The van der Waals surface area contributed by atoms with Gasteiger partial charge in [0.05, 0.1) is 23.3 Å². The van der Waals surface area contributed by atoms with Crippen LogP contribution in [0.1, 0.15) is 33.4 Å². The van der Waals surface area contributed by atoms with Crippen molar-refractivity contribution >= 4 is 21.8 Å². The van der Waals surface area contributed by atoms with E-state index < -0.39 is 21.8 Å². The van der Waals surface area contributed by atoms with Crippen LogP contribution >= 0.6 is 0 Å². The molecular formula is C16H16O7S. The Labute approximate surface area is 139 Å². The van der Waals surface area contributed by atoms with Crippen molar-refractivity contribution in [3.05, 3.63) is 53.5 Å². The Kier molecular flexibility index (Phi) is 5.40. The van der Waals surface area contributed by atoms with Crippen molar-refractivity contribution in [1.29, 1.82) is 0 Å². The minimum atomic E-state index is -3.58. The molecule has 0 atom stereocenters. The van der Waals surface area contributed by atoms with E-state index in [1.165, 1.54) is 36.6 Å². The standard InChI is InChI=1S/C16H16O7S/c1-3-21-15(17)11-8-9-22-13(11)10-23-16(18)12-6-4-5-7-14(12)24(2,19)20/h4-9H,3,10H2,1-2H3. The molecule has 1 aromatic heterocycles. The van der Waals surface area contributed by atoms with Gasteiger partial charge >= 0.3 is 11.9 Å². The van der Waals surface area contributed by atoms with Gasteiger partial charge in [0.25, 0.3) is 0 Å². The van der Waals surface area contributed by atoms with Gasteiger partial charge < -0.3 is 13.9 Å². The molecule has 128 valence electrons. The van der Waals surface area contributed by atoms with Crippen molar-refractivity contribution < 1.29 is 31.9 Å². The van der Waals surface area contributed by atoms with Crippen LogP contribution in [0.15, 0.2) is 45.9 Å². The number of carbonyl (C=O) groups is 2. The Hall–Kier alpha value is -2.61. The first-order valence-electron chi connectivity index (χ1n) is 7.04. The SMILES string of the molecule is CCOC(=O)c1ccoc1COC(=O)c1ccccc1S(C)(=O)=O. The monoisotopic (exact) mass is 352 g/mol. The molecule has 0 aliphatic rings. The average Bonchev–Trinajstić information content (AvgIpc) is 3.00. The predicted molar refractivity (Wildman–Crippen MR) is 83.3 cm³/mol. The number of ether oxygens (including phenoxy) is 2. The summed E-state index contributed by atoms with van der Waals surface area (Å²) >= 11 is 0. The molecule has 0 bridgehead atoms. The summed E-state index contributed by atoms with van der Waals surface area (Å²) in [6, 6.07) is 7.13. The predicted octanol–water partition coefficient (Wildman–Crippen LogP) is 2.22. The highest BCUT2D eigenvalue weighted by Gasteiger charge is 2.21. The van der Waals surface area contributed by atoms with Gasteiger partial charge in [-0.15, -0.1) is 0 Å². The molecule has 0 amide bonds. The van der Waals surface area contributed by atoms with Gasteiger partial charge in [-0.1, -0.05) is 12.1 Å². The van der Waals surface area contributed by atoms with E-state index in [1.807, 2.05) is 0 Å². The van der Waals surface area contributed by atoms with E-state index in [0.29, 0.717) is 0 Å². The first-order valence-corrected chi connectivity index (χ1v) is 8.93. The summed E-state index contributed by atoms with van der Waals surface area (Å²) in [7, 11) is -3.58. The maximum Gasteiger partial charge on any atom is 0.341 e. The van der Waals surface area contributed by atoms with Crippen LogP contribution in [0, 0.1) is 0 Å². The molecule has 0 radical (unpaired) electrons. The fourth-order valence-corrected chi connectivity index (χ4v) is 2.89. The normalized spacial score (nSPS) is 11.1. The average molecular weight is 352 g/mol. The summed E-state index contributed by atoms with van der Waals surface area (Å²) in [6.07, 6.45) is 2.28. The first kappa shape index (κ1) is 17.7. The van der Waals surface area contributed by atoms with Gasteiger partial charge in [-0.05, 0) is 25.1 Å². The zero-order chi connectivity index (χ0) is 17.7. The van der Waals surface area contributed by atoms with Crippen LogP contribution in [0.4, 0.5) is 0 Å². The smallest absolute Gasteiger partial charge is 0.341 e. The quantitative estimate of drug-likeness (QED) is 0.735. The van der Waals surface area contributed by atoms with E-state index in [-0.39, 0.29) is 35.0 Å². The topological polar surface area (TPSA) is 99.9 Å². The van der Waals surface area contributed by atoms with Gasteiger partial charge in [-0.25, -0.2) is 18.0 Å². The highest BCUT2D eigenvalue weighted by Crippen LogP contribution is 2.18. The van der Waals surface area contributed by atoms with Gasteiger partial charge in [0.15, 0.2) is 22.2 Å². The van der Waals surface area contributed by atoms with Crippen molar-refractivity contribution in [2.45, 2.75) is 18.4 Å². The molecule has 1 heterocycles. The molecule has 0 aliphatic carbocycles. The summed E-state index contributed by atoms with van der Waals surface area (Å²) in [4.78, 5) is 23.8. The number of rotatable bonds is 6. The Bertz CT molecular complexity index is 849. The van der Waals surface area contributed by atoms with Crippen LogP contribution in [0.2, 0.25) is 0 Å².